The molecule has 3 aliphatic rings. The molecule has 0 radical (unpaired) electrons. The van der Waals surface area contributed by atoms with Crippen LogP contribution in [-0.2, 0) is 14.3 Å². The van der Waals surface area contributed by atoms with Crippen LogP contribution >= 0.6 is 11.6 Å². The van der Waals surface area contributed by atoms with Crippen molar-refractivity contribution in [3.8, 4) is 0 Å². The Morgan fingerprint density at radius 2 is 1.79 bits per heavy atom. The number of hydrogen-bond donors (Lipinski definition) is 2. The van der Waals surface area contributed by atoms with Gasteiger partial charge in [-0.15, -0.1) is 11.6 Å². The minimum absolute atomic E-state index is 0.00965. The summed E-state index contributed by atoms with van der Waals surface area (Å²) in [6.07, 6.45) is 8.13. The molecule has 3 rings (SSSR count). The Morgan fingerprint density at radius 1 is 1.12 bits per heavy atom. The van der Waals surface area contributed by atoms with Crippen LogP contribution in [-0.4, -0.2) is 65.1 Å². The maximum atomic E-state index is 13.6. The van der Waals surface area contributed by atoms with E-state index < -0.39 is 17.1 Å². The number of aliphatic hydroxyl groups is 1. The quantitative estimate of drug-likeness (QED) is 0.556. The monoisotopic (exact) mass is 484 g/mol. The summed E-state index contributed by atoms with van der Waals surface area (Å²) in [4.78, 5) is 28.3. The topological polar surface area (TPSA) is 78.9 Å². The normalized spacial score (nSPS) is 34.2. The first-order valence-corrected chi connectivity index (χ1v) is 13.4. The number of nitrogens with one attached hydrogen (secondary N) is 1. The maximum absolute atomic E-state index is 13.6. The van der Waals surface area contributed by atoms with E-state index in [2.05, 4.69) is 19.2 Å². The van der Waals surface area contributed by atoms with Crippen molar-refractivity contribution in [2.45, 2.75) is 109 Å². The highest BCUT2D eigenvalue weighted by Gasteiger charge is 2.54. The van der Waals surface area contributed by atoms with Gasteiger partial charge in [-0.1, -0.05) is 47.0 Å². The largest absolute Gasteiger partial charge is 0.389 e. The number of piperidine rings is 1. The molecule has 0 bridgehead atoms. The zero-order chi connectivity index (χ0) is 24.4. The summed E-state index contributed by atoms with van der Waals surface area (Å²) in [7, 11) is 1.69. The molecule has 2 amide bonds. The summed E-state index contributed by atoms with van der Waals surface area (Å²) in [6, 6.07) is -0.522. The molecule has 33 heavy (non-hydrogen) atoms. The molecule has 2 aliphatic carbocycles. The summed E-state index contributed by atoms with van der Waals surface area (Å²) in [5.41, 5.74) is -1.35. The molecule has 0 aromatic rings. The zero-order valence-electron chi connectivity index (χ0n) is 21.2. The van der Waals surface area contributed by atoms with Crippen LogP contribution in [0.25, 0.3) is 0 Å². The highest BCUT2D eigenvalue weighted by molar-refractivity contribution is 6.21. The average molecular weight is 485 g/mol. The van der Waals surface area contributed by atoms with Gasteiger partial charge in [-0.05, 0) is 50.4 Å². The summed E-state index contributed by atoms with van der Waals surface area (Å²) >= 11 is 6.44. The number of methoxy groups -OCH3 is 1. The van der Waals surface area contributed by atoms with E-state index in [0.717, 1.165) is 44.9 Å². The van der Waals surface area contributed by atoms with Crippen molar-refractivity contribution in [1.29, 1.82) is 0 Å². The highest BCUT2D eigenvalue weighted by Crippen LogP contribution is 2.49. The molecule has 7 heteroatoms. The fraction of sp³-hybridized carbons (Fsp3) is 0.923. The second-order valence-corrected chi connectivity index (χ2v) is 12.2. The van der Waals surface area contributed by atoms with E-state index in [-0.39, 0.29) is 41.0 Å². The zero-order valence-corrected chi connectivity index (χ0v) is 22.0. The molecule has 1 heterocycles. The second kappa shape index (κ2) is 10.8. The van der Waals surface area contributed by atoms with Crippen molar-refractivity contribution < 1.29 is 19.4 Å². The first kappa shape index (κ1) is 26.7. The molecule has 0 spiro atoms. The van der Waals surface area contributed by atoms with Gasteiger partial charge < -0.3 is 20.1 Å². The van der Waals surface area contributed by atoms with Gasteiger partial charge in [-0.2, -0.15) is 0 Å². The minimum atomic E-state index is -0.879. The van der Waals surface area contributed by atoms with Crippen LogP contribution in [0.2, 0.25) is 0 Å². The van der Waals surface area contributed by atoms with Crippen molar-refractivity contribution >= 4 is 23.4 Å². The van der Waals surface area contributed by atoms with E-state index in [9.17, 15) is 14.7 Å². The van der Waals surface area contributed by atoms with E-state index in [1.807, 2.05) is 18.7 Å². The van der Waals surface area contributed by atoms with Gasteiger partial charge in [0.1, 0.15) is 6.04 Å². The average Bonchev–Trinajstić information content (AvgIpc) is 2.79. The van der Waals surface area contributed by atoms with Crippen molar-refractivity contribution in [3.05, 3.63) is 0 Å². The van der Waals surface area contributed by atoms with Crippen LogP contribution in [0.5, 0.6) is 0 Å². The number of carbonyl (C=O) groups excluding carboxylic acids is 2. The second-order valence-electron chi connectivity index (χ2n) is 11.7. The maximum Gasteiger partial charge on any atom is 0.245 e. The number of halogens is 1. The summed E-state index contributed by atoms with van der Waals surface area (Å²) in [6.45, 7) is 9.08. The lowest BCUT2D eigenvalue weighted by Crippen LogP contribution is -2.65. The van der Waals surface area contributed by atoms with Gasteiger partial charge in [0.25, 0.3) is 0 Å². The molecule has 2 saturated carbocycles. The third-order valence-electron chi connectivity index (χ3n) is 8.73. The molecule has 1 saturated heterocycles. The number of hydrogen-bond acceptors (Lipinski definition) is 4. The molecular formula is C26H45ClN2O4. The number of likely N-dealkylation sites (tertiary alicyclic amines) is 1. The van der Waals surface area contributed by atoms with E-state index in [4.69, 9.17) is 16.3 Å². The molecular weight excluding hydrogens is 440 g/mol. The van der Waals surface area contributed by atoms with Crippen LogP contribution in [0, 0.1) is 23.2 Å². The number of ether oxygens (including phenoxy) is 1. The first-order valence-electron chi connectivity index (χ1n) is 13.0. The molecule has 3 fully saturated rings. The van der Waals surface area contributed by atoms with E-state index in [0.29, 0.717) is 19.5 Å². The third-order valence-corrected chi connectivity index (χ3v) is 9.23. The Hall–Kier alpha value is -0.850. The smallest absolute Gasteiger partial charge is 0.245 e. The van der Waals surface area contributed by atoms with E-state index in [1.165, 1.54) is 6.42 Å². The van der Waals surface area contributed by atoms with Crippen molar-refractivity contribution in [2.24, 2.45) is 23.2 Å². The lowest BCUT2D eigenvalue weighted by Gasteiger charge is -2.55. The van der Waals surface area contributed by atoms with Crippen LogP contribution < -0.4 is 5.32 Å². The molecule has 1 aliphatic heterocycles. The SMILES string of the molecule is COC1CC(C2(O)CCN(C(=O)[C@H](NC(=O)C3CCCCC3)C(C)C)CC2(C)C)CCC1Cl. The number of alkyl halides is 1. The summed E-state index contributed by atoms with van der Waals surface area (Å²) < 4.78 is 5.59. The molecule has 0 aromatic heterocycles. The van der Waals surface area contributed by atoms with Crippen LogP contribution in [0.1, 0.15) is 85.5 Å². The van der Waals surface area contributed by atoms with E-state index in [1.54, 1.807) is 7.11 Å². The van der Waals surface area contributed by atoms with Gasteiger partial charge >= 0.3 is 0 Å². The lowest BCUT2D eigenvalue weighted by molar-refractivity contribution is -0.178. The van der Waals surface area contributed by atoms with Crippen LogP contribution in [0.15, 0.2) is 0 Å². The highest BCUT2D eigenvalue weighted by atomic mass is 35.5. The van der Waals surface area contributed by atoms with Gasteiger partial charge in [-0.25, -0.2) is 0 Å². The number of amides is 2. The summed E-state index contributed by atoms with van der Waals surface area (Å²) in [5.74, 6) is 0.134. The first-order chi connectivity index (χ1) is 15.5. The predicted octanol–water partition coefficient (Wildman–Crippen LogP) is 4.12. The fourth-order valence-corrected chi connectivity index (χ4v) is 6.73. The van der Waals surface area contributed by atoms with Gasteiger partial charge in [0, 0.05) is 31.5 Å². The fourth-order valence-electron chi connectivity index (χ4n) is 6.40. The Bertz CT molecular complexity index is 694. The Morgan fingerprint density at radius 3 is 2.36 bits per heavy atom. The van der Waals surface area contributed by atoms with Gasteiger partial charge in [-0.3, -0.25) is 9.59 Å². The Kier molecular flexibility index (Phi) is 8.77. The molecule has 190 valence electrons. The van der Waals surface area contributed by atoms with Gasteiger partial charge in [0.05, 0.1) is 17.1 Å². The molecule has 6 nitrogen and oxygen atoms in total. The molecule has 2 N–H and O–H groups in total. The molecule has 0 aromatic carbocycles. The van der Waals surface area contributed by atoms with Gasteiger partial charge in [0.15, 0.2) is 0 Å². The van der Waals surface area contributed by atoms with Crippen molar-refractivity contribution in [1.82, 2.24) is 10.2 Å². The van der Waals surface area contributed by atoms with E-state index >= 15 is 0 Å². The van der Waals surface area contributed by atoms with Crippen LogP contribution in [0.3, 0.4) is 0 Å². The number of rotatable bonds is 6. The Balaban J connectivity index is 1.68. The predicted molar refractivity (Wildman–Crippen MR) is 131 cm³/mol. The van der Waals surface area contributed by atoms with Crippen LogP contribution in [0.4, 0.5) is 0 Å². The van der Waals surface area contributed by atoms with Crippen molar-refractivity contribution in [3.63, 3.8) is 0 Å². The van der Waals surface area contributed by atoms with Crippen molar-refractivity contribution in [2.75, 3.05) is 20.2 Å². The lowest BCUT2D eigenvalue weighted by atomic mass is 9.60. The Labute approximate surface area is 205 Å². The standard InChI is InChI=1S/C26H45ClN2O4/c1-17(2)22(28-23(30)18-9-7-6-8-10-18)24(31)29-14-13-26(32,25(3,4)16-29)19-11-12-20(27)21(15-19)33-5/h17-22,32H,6-16H2,1-5H3,(H,28,30)/t19?,20?,21?,22-,26?/m1/s1. The third kappa shape index (κ3) is 5.70. The number of carbonyl (C=O) groups is 2. The molecule has 4 unspecified atom stereocenters. The molecule has 5 atom stereocenters. The van der Waals surface area contributed by atoms with Gasteiger partial charge in [0.2, 0.25) is 11.8 Å². The summed E-state index contributed by atoms with van der Waals surface area (Å²) in [5, 5.41) is 15.0. The minimum Gasteiger partial charge on any atom is -0.389 e. The number of nitrogens with zero attached hydrogens (tertiary/aromatic N) is 1.